The number of ketones is 3. The summed E-state index contributed by atoms with van der Waals surface area (Å²) in [5, 5.41) is 25.6. The van der Waals surface area contributed by atoms with E-state index in [9.17, 15) is 39.0 Å². The van der Waals surface area contributed by atoms with Crippen molar-refractivity contribution in [3.63, 3.8) is 0 Å². The lowest BCUT2D eigenvalue weighted by Crippen LogP contribution is -2.46. The van der Waals surface area contributed by atoms with Crippen LogP contribution in [0.15, 0.2) is 47.5 Å². The van der Waals surface area contributed by atoms with Gasteiger partial charge in [-0.25, -0.2) is 0 Å². The predicted octanol–water partition coefficient (Wildman–Crippen LogP) is 4.91. The Hall–Kier alpha value is -5.12. The highest BCUT2D eigenvalue weighted by Gasteiger charge is 2.53. The van der Waals surface area contributed by atoms with Crippen molar-refractivity contribution in [1.29, 1.82) is 0 Å². The number of nitrogens with one attached hydrogen (secondary N) is 1. The molecule has 5 aliphatic rings. The van der Waals surface area contributed by atoms with Crippen LogP contribution in [0.2, 0.25) is 0 Å². The van der Waals surface area contributed by atoms with Gasteiger partial charge in [0.1, 0.15) is 29.0 Å². The van der Waals surface area contributed by atoms with Crippen molar-refractivity contribution in [3.05, 3.63) is 69.8 Å². The van der Waals surface area contributed by atoms with Crippen LogP contribution in [0, 0.1) is 36.5 Å². The number of benzene rings is 1. The summed E-state index contributed by atoms with van der Waals surface area (Å²) < 4.78 is 29.6. The number of methoxy groups -OCH3 is 1. The molecule has 4 aliphatic heterocycles. The first kappa shape index (κ1) is 46.0. The van der Waals surface area contributed by atoms with Gasteiger partial charge in [-0.15, -0.1) is 0 Å². The number of carbonyl (C=O) groups is 6. The SMILES string of the molecule is CO[C@@H]1/C=C\O[C@]2(C)Oc3c(C)c(OC(=O)C(C)C)c4c(c3C2=O)C(=O)C(N2CCCC2)=C(NC(=O)/C(C)=C\C=C[C@@H](C)[C@@H](O)[C@H](C)[C@@H](O)[C@@H](C)[C@@H](OC(C)=O)[C@H]1C)C4=O. The molecule has 60 heavy (non-hydrogen) atoms. The highest BCUT2D eigenvalue weighted by atomic mass is 16.7. The van der Waals surface area contributed by atoms with Crippen molar-refractivity contribution in [2.24, 2.45) is 29.6 Å². The van der Waals surface area contributed by atoms with E-state index >= 15 is 0 Å². The summed E-state index contributed by atoms with van der Waals surface area (Å²) in [6.45, 7) is 16.5. The molecule has 1 amide bonds. The monoisotopic (exact) mass is 834 g/mol. The molecular weight excluding hydrogens is 776 g/mol. The zero-order valence-electron chi connectivity index (χ0n) is 36.2. The minimum Gasteiger partial charge on any atom is -0.462 e. The highest BCUT2D eigenvalue weighted by Crippen LogP contribution is 2.49. The molecule has 1 saturated heterocycles. The van der Waals surface area contributed by atoms with E-state index in [1.807, 2.05) is 0 Å². The zero-order valence-corrected chi connectivity index (χ0v) is 36.2. The van der Waals surface area contributed by atoms with Crippen LogP contribution in [0.25, 0.3) is 0 Å². The molecule has 326 valence electrons. The lowest BCUT2D eigenvalue weighted by Gasteiger charge is -2.38. The normalized spacial score (nSPS) is 31.7. The van der Waals surface area contributed by atoms with Crippen molar-refractivity contribution in [3.8, 4) is 11.5 Å². The maximum atomic E-state index is 15.0. The van der Waals surface area contributed by atoms with E-state index in [0.29, 0.717) is 25.9 Å². The van der Waals surface area contributed by atoms with E-state index in [2.05, 4.69) is 5.32 Å². The zero-order chi connectivity index (χ0) is 44.5. The maximum Gasteiger partial charge on any atom is 0.313 e. The molecular formula is C45H58N2O13. The fourth-order valence-electron chi connectivity index (χ4n) is 8.25. The topological polar surface area (TPSA) is 204 Å². The van der Waals surface area contributed by atoms with Gasteiger partial charge in [0.05, 0.1) is 47.2 Å². The van der Waals surface area contributed by atoms with E-state index in [4.69, 9.17) is 23.7 Å². The fraction of sp³-hybridized carbons (Fsp3) is 0.556. The van der Waals surface area contributed by atoms with E-state index in [1.165, 1.54) is 53.2 Å². The largest absolute Gasteiger partial charge is 0.462 e. The molecule has 1 fully saturated rings. The molecule has 6 rings (SSSR count). The van der Waals surface area contributed by atoms with Gasteiger partial charge in [-0.2, -0.15) is 0 Å². The number of carbonyl (C=O) groups excluding carboxylic acids is 6. The Labute approximate surface area is 350 Å². The van der Waals surface area contributed by atoms with Crippen molar-refractivity contribution in [2.45, 2.75) is 112 Å². The molecule has 0 spiro atoms. The van der Waals surface area contributed by atoms with Gasteiger partial charge in [-0.3, -0.25) is 28.8 Å². The summed E-state index contributed by atoms with van der Waals surface area (Å²) in [5.74, 6) is -10.1. The lowest BCUT2D eigenvalue weighted by molar-refractivity contribution is -0.160. The second-order valence-electron chi connectivity index (χ2n) is 16.8. The molecule has 0 saturated carbocycles. The number of Topliss-reactive ketones (excluding diaryl/α,β-unsaturated/α-hetero) is 3. The summed E-state index contributed by atoms with van der Waals surface area (Å²) >= 11 is 0. The van der Waals surface area contributed by atoms with Crippen LogP contribution in [-0.4, -0.2) is 101 Å². The highest BCUT2D eigenvalue weighted by molar-refractivity contribution is 6.32. The first-order valence-corrected chi connectivity index (χ1v) is 20.5. The number of esters is 2. The van der Waals surface area contributed by atoms with E-state index in [0.717, 1.165) is 0 Å². The Bertz CT molecular complexity index is 2060. The van der Waals surface area contributed by atoms with Crippen LogP contribution in [0.5, 0.6) is 11.5 Å². The van der Waals surface area contributed by atoms with Crippen LogP contribution in [0.3, 0.4) is 0 Å². The third kappa shape index (κ3) is 8.70. The van der Waals surface area contributed by atoms with Crippen LogP contribution < -0.4 is 14.8 Å². The molecule has 5 bridgehead atoms. The Morgan fingerprint density at radius 1 is 0.917 bits per heavy atom. The average molecular weight is 835 g/mol. The number of rotatable bonds is 5. The number of hydrogen-bond donors (Lipinski definition) is 3. The number of aliphatic hydroxyl groups is 2. The second-order valence-corrected chi connectivity index (χ2v) is 16.8. The van der Waals surface area contributed by atoms with E-state index < -0.39 is 95.0 Å². The number of amides is 1. The lowest BCUT2D eigenvalue weighted by atomic mass is 9.78. The number of ether oxygens (including phenoxy) is 5. The minimum absolute atomic E-state index is 0.0799. The fourth-order valence-corrected chi connectivity index (χ4v) is 8.25. The number of aliphatic hydroxyl groups excluding tert-OH is 2. The molecule has 15 nitrogen and oxygen atoms in total. The first-order chi connectivity index (χ1) is 28.2. The summed E-state index contributed by atoms with van der Waals surface area (Å²) in [4.78, 5) is 85.5. The molecule has 1 aliphatic carbocycles. The van der Waals surface area contributed by atoms with Crippen LogP contribution in [-0.2, 0) is 28.6 Å². The van der Waals surface area contributed by atoms with Gasteiger partial charge in [-0.05, 0) is 32.8 Å². The summed E-state index contributed by atoms with van der Waals surface area (Å²) in [5.41, 5.74) is -1.14. The number of nitrogens with zero attached hydrogens (tertiary/aromatic N) is 1. The van der Waals surface area contributed by atoms with Crippen LogP contribution >= 0.6 is 0 Å². The molecule has 4 heterocycles. The van der Waals surface area contributed by atoms with Gasteiger partial charge in [-0.1, -0.05) is 59.8 Å². The smallest absolute Gasteiger partial charge is 0.313 e. The first-order valence-electron chi connectivity index (χ1n) is 20.5. The van der Waals surface area contributed by atoms with Crippen molar-refractivity contribution >= 4 is 35.2 Å². The van der Waals surface area contributed by atoms with Gasteiger partial charge < -0.3 is 44.1 Å². The van der Waals surface area contributed by atoms with Crippen molar-refractivity contribution in [2.75, 3.05) is 20.2 Å². The predicted molar refractivity (Wildman–Crippen MR) is 218 cm³/mol. The Morgan fingerprint density at radius 3 is 2.17 bits per heavy atom. The number of allylic oxidation sites excluding steroid dienone is 4. The van der Waals surface area contributed by atoms with Gasteiger partial charge in [0.2, 0.25) is 11.6 Å². The third-order valence-corrected chi connectivity index (χ3v) is 12.0. The van der Waals surface area contributed by atoms with Gasteiger partial charge >= 0.3 is 17.7 Å². The quantitative estimate of drug-likeness (QED) is 0.267. The summed E-state index contributed by atoms with van der Waals surface area (Å²) in [6, 6.07) is 0. The van der Waals surface area contributed by atoms with Gasteiger partial charge in [0.15, 0.2) is 0 Å². The van der Waals surface area contributed by atoms with Gasteiger partial charge in [0.25, 0.3) is 11.7 Å². The molecule has 0 aromatic heterocycles. The number of fused-ring (bicyclic) bond motifs is 14. The van der Waals surface area contributed by atoms with Gasteiger partial charge in [0, 0.05) is 68.9 Å². The third-order valence-electron chi connectivity index (χ3n) is 12.0. The van der Waals surface area contributed by atoms with Crippen molar-refractivity contribution in [1.82, 2.24) is 10.2 Å². The molecule has 9 atom stereocenters. The molecule has 3 N–H and O–H groups in total. The molecule has 1 aromatic carbocycles. The number of hydrogen-bond acceptors (Lipinski definition) is 14. The summed E-state index contributed by atoms with van der Waals surface area (Å²) in [6.07, 6.45) is 4.85. The second kappa shape index (κ2) is 18.2. The van der Waals surface area contributed by atoms with E-state index in [-0.39, 0.29) is 50.7 Å². The maximum absolute atomic E-state index is 15.0. The van der Waals surface area contributed by atoms with Crippen LogP contribution in [0.4, 0.5) is 0 Å². The Balaban J connectivity index is 1.73. The van der Waals surface area contributed by atoms with Crippen molar-refractivity contribution < 1.29 is 62.7 Å². The Morgan fingerprint density at radius 2 is 1.57 bits per heavy atom. The average Bonchev–Trinajstić information content (AvgIpc) is 3.82. The Kier molecular flexibility index (Phi) is 14.0. The summed E-state index contributed by atoms with van der Waals surface area (Å²) in [7, 11) is 1.43. The number of likely N-dealkylation sites (tertiary alicyclic amines) is 1. The minimum atomic E-state index is -2.10. The molecule has 1 aromatic rings. The standard InChI is InChI=1S/C45H58N2O13/c1-21(2)44(55)59-40-27(8)41-32-30-31(40)37(51)33(34(38(30)52)47-18-12-13-19-47)46-43(54)23(4)16-14-15-22(3)35(49)25(6)36(50)26(7)39(58-28(9)48)24(5)29(56-11)17-20-57-45(10,60-41)42(32)53/h14-17,20-22,24-26,29,35-36,39,49-50H,12-13,18-19H2,1-11H3,(H,46,54)/b15-14?,20-17-,23-16-/t22-,24+,25+,26-,29-,35-,36-,39+,45-/m1/s1. The molecule has 0 radical (unpaired) electrons. The van der Waals surface area contributed by atoms with Crippen LogP contribution in [0.1, 0.15) is 112 Å². The molecule has 15 heteroatoms. The molecule has 0 unspecified atom stereocenters. The van der Waals surface area contributed by atoms with E-state index in [1.54, 1.807) is 58.6 Å².